The maximum absolute atomic E-state index is 14.2. The molecule has 1 fully saturated rings. The topological polar surface area (TPSA) is 402 Å². The van der Waals surface area contributed by atoms with Crippen LogP contribution < -0.4 is 42.6 Å². The molecule has 2 aliphatic heterocycles. The van der Waals surface area contributed by atoms with Crippen molar-refractivity contribution in [1.82, 2.24) is 68.5 Å². The molecule has 31 heteroatoms. The number of hydrogen-bond acceptors (Lipinski definition) is 19. The highest BCUT2D eigenvalue weighted by atomic mass is 16.6. The maximum atomic E-state index is 14.2. The summed E-state index contributed by atoms with van der Waals surface area (Å²) in [6, 6.07) is 15.3. The molecule has 3 aromatic carbocycles. The standard InChI is InChI=1S/C71H92N20O11/c1-9-90-55(34-43(5)82-90)66(95)78-70-76-52-37-49(63(73)93)39-57(100-8)61(52)88(70)25-13-14-26-89-62-53(77-71(89)79-67(96)56-35-44(6)83-91(56)10-2)38-50(64(74)94)40-58(62)101-31-16-24-85-27-22-48(23-28-85)65-81-80-59-41-86(29-30-87(59)65)68(97)54(33-42(3)4)75-60(92)17-12-11-15-32-102-84-45(7)47-20-18-46(19-21-47)36-51(72)69(98)99/h13-14,18-21,34-35,37-40,42,48,51,54H,9-12,15-17,22-33,36,41,72H2,1-8H3,(H2,73,93)(H2,74,94)(H,75,92)(H,98,99)(H,76,78,95)(H,77,79,96)/b14-13+,84-45+. The third-order valence-electron chi connectivity index (χ3n) is 18.2. The van der Waals surface area contributed by atoms with Gasteiger partial charge in [0.05, 0.1) is 48.4 Å². The number of carboxylic acids is 1. The molecule has 8 aromatic rings. The number of primary amides is 2. The van der Waals surface area contributed by atoms with Crippen molar-refractivity contribution in [1.29, 1.82) is 0 Å². The molecule has 5 aromatic heterocycles. The molecule has 0 radical (unpaired) electrons. The number of nitrogens with one attached hydrogen (secondary N) is 3. The molecule has 542 valence electrons. The first-order valence-electron chi connectivity index (χ1n) is 34.7. The van der Waals surface area contributed by atoms with Crippen molar-refractivity contribution in [3.63, 3.8) is 0 Å². The number of carboxylic acid groups (broad SMARTS) is 1. The fourth-order valence-electron chi connectivity index (χ4n) is 13.0. The molecule has 102 heavy (non-hydrogen) atoms. The third-order valence-corrected chi connectivity index (χ3v) is 18.2. The van der Waals surface area contributed by atoms with E-state index >= 15 is 0 Å². The third kappa shape index (κ3) is 17.8. The number of allylic oxidation sites excluding steroid dienone is 2. The SMILES string of the molecule is CCn1nc(C)cc1C(=O)Nc1nc2cc(C(N)=O)cc(OC)c2n1C/C=C/Cn1c(NC(=O)c2cc(C)nn2CC)nc2cc(C(N)=O)cc(OCCCN3CCC(c4nnc5n4CCN(C(=O)C(CC(C)C)NC(=O)CCCCCO/N=C(\C)c4ccc(CC(N)C(=O)O)cc4)C5)CC3)c21. The maximum Gasteiger partial charge on any atom is 0.320 e. The van der Waals surface area contributed by atoms with Crippen LogP contribution in [-0.4, -0.2) is 174 Å². The van der Waals surface area contributed by atoms with Gasteiger partial charge in [0.2, 0.25) is 35.5 Å². The number of carbonyl (C=O) groups is 7. The fraction of sp³-hybridized carbons (Fsp3) is 0.465. The van der Waals surface area contributed by atoms with E-state index < -0.39 is 41.7 Å². The van der Waals surface area contributed by atoms with Gasteiger partial charge >= 0.3 is 5.97 Å². The Hall–Kier alpha value is -10.8. The monoisotopic (exact) mass is 1400 g/mol. The Labute approximate surface area is 590 Å². The molecule has 2 aliphatic rings. The Morgan fingerprint density at radius 1 is 0.725 bits per heavy atom. The van der Waals surface area contributed by atoms with Gasteiger partial charge < -0.3 is 65.4 Å². The van der Waals surface area contributed by atoms with Gasteiger partial charge in [-0.3, -0.25) is 53.6 Å². The van der Waals surface area contributed by atoms with Crippen molar-refractivity contribution >= 4 is 81.1 Å². The zero-order valence-corrected chi connectivity index (χ0v) is 59.1. The first kappa shape index (κ1) is 73.9. The lowest BCUT2D eigenvalue weighted by molar-refractivity contribution is -0.138. The Morgan fingerprint density at radius 3 is 1.87 bits per heavy atom. The average Bonchev–Trinajstić information content (AvgIpc) is 1.62. The molecule has 0 spiro atoms. The summed E-state index contributed by atoms with van der Waals surface area (Å²) in [4.78, 5) is 111. The second-order valence-electron chi connectivity index (χ2n) is 26.2. The second-order valence-corrected chi connectivity index (χ2v) is 26.2. The van der Waals surface area contributed by atoms with Gasteiger partial charge in [-0.05, 0) is 153 Å². The molecular formula is C71H92N20O11. The number of likely N-dealkylation sites (tertiary alicyclic amines) is 1. The molecule has 0 bridgehead atoms. The molecular weight excluding hydrogens is 1310 g/mol. The van der Waals surface area contributed by atoms with Crippen LogP contribution in [0.5, 0.6) is 11.5 Å². The highest BCUT2D eigenvalue weighted by molar-refractivity contribution is 6.06. The fourth-order valence-corrected chi connectivity index (χ4v) is 13.0. The van der Waals surface area contributed by atoms with Crippen LogP contribution in [0, 0.1) is 19.8 Å². The first-order chi connectivity index (χ1) is 49.0. The van der Waals surface area contributed by atoms with Gasteiger partial charge in [-0.15, -0.1) is 10.2 Å². The number of unbranched alkanes of at least 4 members (excludes halogenated alkanes) is 2. The summed E-state index contributed by atoms with van der Waals surface area (Å²) in [5.74, 6) is -0.783. The molecule has 10 N–H and O–H groups in total. The number of ether oxygens (including phenoxy) is 2. The summed E-state index contributed by atoms with van der Waals surface area (Å²) in [6.07, 6.45) is 9.05. The number of benzene rings is 3. The van der Waals surface area contributed by atoms with Crippen LogP contribution in [-0.2, 0) is 64.9 Å². The summed E-state index contributed by atoms with van der Waals surface area (Å²) < 4.78 is 21.2. The lowest BCUT2D eigenvalue weighted by Crippen LogP contribution is -2.51. The van der Waals surface area contributed by atoms with E-state index in [1.54, 1.807) is 61.5 Å². The zero-order chi connectivity index (χ0) is 72.9. The number of piperidine rings is 1. The Kier molecular flexibility index (Phi) is 24.3. The molecule has 0 saturated carbocycles. The van der Waals surface area contributed by atoms with Crippen molar-refractivity contribution in [3.8, 4) is 11.5 Å². The molecule has 10 rings (SSSR count). The van der Waals surface area contributed by atoms with E-state index in [0.29, 0.717) is 133 Å². The zero-order valence-electron chi connectivity index (χ0n) is 59.1. The number of fused-ring (bicyclic) bond motifs is 3. The number of nitrogens with two attached hydrogens (primary N) is 3. The number of aromatic nitrogens is 11. The van der Waals surface area contributed by atoms with E-state index in [-0.39, 0.29) is 85.8 Å². The van der Waals surface area contributed by atoms with E-state index in [4.69, 9.17) is 51.7 Å². The summed E-state index contributed by atoms with van der Waals surface area (Å²) in [5.41, 5.74) is 23.6. The largest absolute Gasteiger partial charge is 0.494 e. The van der Waals surface area contributed by atoms with E-state index in [9.17, 15) is 33.6 Å². The molecule has 2 unspecified atom stereocenters. The Balaban J connectivity index is 0.752. The normalized spacial score (nSPS) is 14.3. The Morgan fingerprint density at radius 2 is 1.31 bits per heavy atom. The van der Waals surface area contributed by atoms with Gasteiger partial charge in [0.1, 0.15) is 58.4 Å². The number of nitrogens with zero attached hydrogens (tertiary/aromatic N) is 14. The number of amides is 6. The van der Waals surface area contributed by atoms with Gasteiger partial charge in [0.25, 0.3) is 11.8 Å². The minimum absolute atomic E-state index is 0.118. The van der Waals surface area contributed by atoms with Crippen LogP contribution in [0.3, 0.4) is 0 Å². The quantitative estimate of drug-likeness (QED) is 0.00982. The van der Waals surface area contributed by atoms with Crippen LogP contribution in [0.2, 0.25) is 0 Å². The molecule has 0 aliphatic carbocycles. The van der Waals surface area contributed by atoms with Gasteiger partial charge in [-0.1, -0.05) is 55.4 Å². The number of rotatable bonds is 34. The number of anilines is 2. The first-order valence-corrected chi connectivity index (χ1v) is 34.7. The number of oxime groups is 1. The summed E-state index contributed by atoms with van der Waals surface area (Å²) in [6.45, 7) is 18.6. The van der Waals surface area contributed by atoms with Gasteiger partial charge in [-0.2, -0.15) is 10.2 Å². The van der Waals surface area contributed by atoms with Crippen LogP contribution >= 0.6 is 0 Å². The van der Waals surface area contributed by atoms with Crippen LogP contribution in [0.4, 0.5) is 11.9 Å². The van der Waals surface area contributed by atoms with E-state index in [1.165, 1.54) is 19.2 Å². The molecule has 1 saturated heterocycles. The van der Waals surface area contributed by atoms with E-state index in [0.717, 1.165) is 49.3 Å². The number of methoxy groups -OCH3 is 1. The van der Waals surface area contributed by atoms with Crippen molar-refractivity contribution in [2.24, 2.45) is 28.3 Å². The Bertz CT molecular complexity index is 4440. The molecule has 7 heterocycles. The van der Waals surface area contributed by atoms with Crippen molar-refractivity contribution in [2.75, 3.05) is 57.1 Å². The van der Waals surface area contributed by atoms with Gasteiger partial charge in [0.15, 0.2) is 5.82 Å². The predicted molar refractivity (Wildman–Crippen MR) is 381 cm³/mol. The number of hydrogen-bond donors (Lipinski definition) is 7. The van der Waals surface area contributed by atoms with E-state index in [2.05, 4.69) is 45.9 Å². The van der Waals surface area contributed by atoms with Crippen molar-refractivity contribution < 1.29 is 53.0 Å². The average molecular weight is 1400 g/mol. The second kappa shape index (κ2) is 33.6. The van der Waals surface area contributed by atoms with Crippen LogP contribution in [0.1, 0.15) is 168 Å². The van der Waals surface area contributed by atoms with Gasteiger partial charge in [0, 0.05) is 69.3 Å². The lowest BCUT2D eigenvalue weighted by Gasteiger charge is -2.34. The number of aliphatic carboxylic acids is 1. The summed E-state index contributed by atoms with van der Waals surface area (Å²) in [5, 5.41) is 40.5. The summed E-state index contributed by atoms with van der Waals surface area (Å²) >= 11 is 0. The number of aryl methyl sites for hydroxylation is 4. The lowest BCUT2D eigenvalue weighted by atomic mass is 9.95. The molecule has 2 atom stereocenters. The van der Waals surface area contributed by atoms with Crippen molar-refractivity contribution in [3.05, 3.63) is 129 Å². The van der Waals surface area contributed by atoms with Crippen molar-refractivity contribution in [2.45, 2.75) is 164 Å². The molecule has 6 amide bonds. The number of carbonyl (C=O) groups excluding carboxylic acids is 6. The molecule has 31 nitrogen and oxygen atoms in total. The number of imidazole rings is 2. The summed E-state index contributed by atoms with van der Waals surface area (Å²) in [7, 11) is 1.46. The van der Waals surface area contributed by atoms with E-state index in [1.807, 2.05) is 71.0 Å². The minimum atomic E-state index is -1.05. The predicted octanol–water partition coefficient (Wildman–Crippen LogP) is 6.47. The highest BCUT2D eigenvalue weighted by Crippen LogP contribution is 2.35. The highest BCUT2D eigenvalue weighted by Gasteiger charge is 2.34. The van der Waals surface area contributed by atoms with Crippen LogP contribution in [0.25, 0.3) is 22.1 Å². The van der Waals surface area contributed by atoms with Crippen LogP contribution in [0.15, 0.2) is 78.0 Å². The minimum Gasteiger partial charge on any atom is -0.494 e. The van der Waals surface area contributed by atoms with Gasteiger partial charge in [-0.25, -0.2) is 9.97 Å². The smallest absolute Gasteiger partial charge is 0.320 e.